The molecule has 1 aromatic rings. The number of nitrogens with zero attached hydrogens (tertiary/aromatic N) is 4. The SMILES string of the molecule is CC.CC.CN1CCCn2nc(C(=O)N3CCOCC3)c(Cl)c2C1. The van der Waals surface area contributed by atoms with Crippen molar-refractivity contribution < 1.29 is 9.53 Å². The van der Waals surface area contributed by atoms with E-state index in [0.29, 0.717) is 37.0 Å². The van der Waals surface area contributed by atoms with Crippen molar-refractivity contribution in [2.45, 2.75) is 47.2 Å². The highest BCUT2D eigenvalue weighted by atomic mass is 35.5. The van der Waals surface area contributed by atoms with Gasteiger partial charge in [0, 0.05) is 32.7 Å². The molecule has 2 aliphatic rings. The maximum Gasteiger partial charge on any atom is 0.276 e. The normalized spacial score (nSPS) is 17.7. The Morgan fingerprint density at radius 2 is 1.71 bits per heavy atom. The number of hydrogen-bond donors (Lipinski definition) is 0. The van der Waals surface area contributed by atoms with Crippen molar-refractivity contribution in [1.82, 2.24) is 19.6 Å². The molecule has 3 rings (SSSR count). The lowest BCUT2D eigenvalue weighted by atomic mass is 10.3. The number of aromatic nitrogens is 2. The molecule has 1 aromatic heterocycles. The predicted octanol–water partition coefficient (Wildman–Crippen LogP) is 2.90. The molecule has 24 heavy (non-hydrogen) atoms. The van der Waals surface area contributed by atoms with Crippen molar-refractivity contribution in [3.8, 4) is 0 Å². The van der Waals surface area contributed by atoms with E-state index in [1.807, 2.05) is 32.4 Å². The van der Waals surface area contributed by atoms with Gasteiger partial charge < -0.3 is 14.5 Å². The molecule has 138 valence electrons. The first-order valence-electron chi connectivity index (χ1n) is 8.97. The van der Waals surface area contributed by atoms with Gasteiger partial charge >= 0.3 is 0 Å². The molecule has 0 atom stereocenters. The van der Waals surface area contributed by atoms with E-state index in [2.05, 4.69) is 17.0 Å². The van der Waals surface area contributed by atoms with Crippen LogP contribution in [0.4, 0.5) is 0 Å². The van der Waals surface area contributed by atoms with Crippen LogP contribution >= 0.6 is 11.6 Å². The summed E-state index contributed by atoms with van der Waals surface area (Å²) in [5, 5.41) is 4.96. The summed E-state index contributed by atoms with van der Waals surface area (Å²) >= 11 is 6.41. The van der Waals surface area contributed by atoms with E-state index < -0.39 is 0 Å². The maximum atomic E-state index is 12.5. The topological polar surface area (TPSA) is 50.6 Å². The summed E-state index contributed by atoms with van der Waals surface area (Å²) in [6, 6.07) is 0. The zero-order chi connectivity index (χ0) is 18.1. The van der Waals surface area contributed by atoms with Crippen molar-refractivity contribution in [3.63, 3.8) is 0 Å². The third-order valence-corrected chi connectivity index (χ3v) is 4.22. The number of ether oxygens (including phenoxy) is 1. The lowest BCUT2D eigenvalue weighted by molar-refractivity contribution is 0.0298. The number of carbonyl (C=O) groups is 1. The first kappa shape index (κ1) is 20.9. The summed E-state index contributed by atoms with van der Waals surface area (Å²) in [6.45, 7) is 13.0. The average Bonchev–Trinajstić information content (AvgIpc) is 2.83. The van der Waals surface area contributed by atoms with Crippen LogP contribution in [-0.4, -0.2) is 65.4 Å². The van der Waals surface area contributed by atoms with Crippen LogP contribution in [0.5, 0.6) is 0 Å². The highest BCUT2D eigenvalue weighted by Gasteiger charge is 2.28. The maximum absolute atomic E-state index is 12.5. The monoisotopic (exact) mass is 358 g/mol. The number of rotatable bonds is 1. The fourth-order valence-corrected chi connectivity index (χ4v) is 2.96. The summed E-state index contributed by atoms with van der Waals surface area (Å²) in [5.74, 6) is -0.0819. The Labute approximate surface area is 150 Å². The Morgan fingerprint density at radius 1 is 1.08 bits per heavy atom. The Bertz CT molecular complexity index is 513. The molecule has 3 heterocycles. The Balaban J connectivity index is 0.000000671. The van der Waals surface area contributed by atoms with E-state index in [1.54, 1.807) is 4.90 Å². The number of fused-ring (bicyclic) bond motifs is 1. The summed E-state index contributed by atoms with van der Waals surface area (Å²) < 4.78 is 7.16. The largest absolute Gasteiger partial charge is 0.378 e. The second-order valence-electron chi connectivity index (χ2n) is 5.33. The van der Waals surface area contributed by atoms with E-state index in [9.17, 15) is 4.79 Å². The smallest absolute Gasteiger partial charge is 0.276 e. The molecule has 0 bridgehead atoms. The van der Waals surface area contributed by atoms with Gasteiger partial charge in [-0.1, -0.05) is 39.3 Å². The van der Waals surface area contributed by atoms with Crippen molar-refractivity contribution in [2.75, 3.05) is 39.9 Å². The molecular formula is C17H31ClN4O2. The molecule has 0 spiro atoms. The molecule has 0 radical (unpaired) electrons. The summed E-state index contributed by atoms with van der Waals surface area (Å²) in [5.41, 5.74) is 1.34. The number of hydrogen-bond acceptors (Lipinski definition) is 4. The van der Waals surface area contributed by atoms with E-state index in [0.717, 1.165) is 31.7 Å². The van der Waals surface area contributed by atoms with Gasteiger partial charge in [-0.2, -0.15) is 5.10 Å². The highest BCUT2D eigenvalue weighted by Crippen LogP contribution is 2.25. The molecule has 0 N–H and O–H groups in total. The predicted molar refractivity (Wildman–Crippen MR) is 97.6 cm³/mol. The number of amides is 1. The van der Waals surface area contributed by atoms with Crippen molar-refractivity contribution in [1.29, 1.82) is 0 Å². The molecule has 0 saturated carbocycles. The minimum Gasteiger partial charge on any atom is -0.378 e. The quantitative estimate of drug-likeness (QED) is 0.774. The molecule has 2 aliphatic heterocycles. The highest BCUT2D eigenvalue weighted by molar-refractivity contribution is 6.34. The van der Waals surface area contributed by atoms with Crippen LogP contribution < -0.4 is 0 Å². The van der Waals surface area contributed by atoms with E-state index in [-0.39, 0.29) is 5.91 Å². The molecular weight excluding hydrogens is 328 g/mol. The third kappa shape index (κ3) is 4.94. The molecule has 6 nitrogen and oxygen atoms in total. The lowest BCUT2D eigenvalue weighted by Crippen LogP contribution is -2.41. The standard InChI is InChI=1S/C13H19ClN4O2.2C2H6/c1-16-3-2-4-18-10(9-16)11(14)12(15-18)13(19)17-5-7-20-8-6-17;2*1-2/h2-9H2,1H3;2*1-2H3. The van der Waals surface area contributed by atoms with Crippen LogP contribution in [0.3, 0.4) is 0 Å². The number of morpholine rings is 1. The van der Waals surface area contributed by atoms with Crippen molar-refractivity contribution >= 4 is 17.5 Å². The van der Waals surface area contributed by atoms with Gasteiger partial charge in [0.15, 0.2) is 5.69 Å². The fourth-order valence-electron chi connectivity index (χ4n) is 2.69. The van der Waals surface area contributed by atoms with E-state index in [1.165, 1.54) is 0 Å². The Morgan fingerprint density at radius 3 is 2.33 bits per heavy atom. The zero-order valence-electron chi connectivity index (χ0n) is 15.6. The Kier molecular flexibility index (Phi) is 9.33. The zero-order valence-corrected chi connectivity index (χ0v) is 16.4. The molecule has 0 aliphatic carbocycles. The summed E-state index contributed by atoms with van der Waals surface area (Å²) in [4.78, 5) is 16.5. The van der Waals surface area contributed by atoms with Gasteiger partial charge in [0.25, 0.3) is 5.91 Å². The lowest BCUT2D eigenvalue weighted by Gasteiger charge is -2.26. The number of carbonyl (C=O) groups excluding carboxylic acids is 1. The number of aryl methyl sites for hydroxylation is 1. The van der Waals surface area contributed by atoms with Crippen LogP contribution in [0.15, 0.2) is 0 Å². The first-order chi connectivity index (χ1) is 11.7. The van der Waals surface area contributed by atoms with Crippen LogP contribution in [0.1, 0.15) is 50.3 Å². The van der Waals surface area contributed by atoms with Crippen molar-refractivity contribution in [3.05, 3.63) is 16.4 Å². The molecule has 7 heteroatoms. The average molecular weight is 359 g/mol. The molecule has 1 amide bonds. The van der Waals surface area contributed by atoms with Crippen LogP contribution in [0, 0.1) is 0 Å². The number of halogens is 1. The summed E-state index contributed by atoms with van der Waals surface area (Å²) in [6.07, 6.45) is 1.02. The van der Waals surface area contributed by atoms with Gasteiger partial charge in [0.2, 0.25) is 0 Å². The summed E-state index contributed by atoms with van der Waals surface area (Å²) in [7, 11) is 2.06. The van der Waals surface area contributed by atoms with Gasteiger partial charge in [-0.25, -0.2) is 0 Å². The van der Waals surface area contributed by atoms with E-state index >= 15 is 0 Å². The molecule has 1 fully saturated rings. The second kappa shape index (κ2) is 10.7. The minimum atomic E-state index is -0.0819. The first-order valence-corrected chi connectivity index (χ1v) is 9.35. The second-order valence-corrected chi connectivity index (χ2v) is 5.71. The molecule has 0 aromatic carbocycles. The minimum absolute atomic E-state index is 0.0819. The van der Waals surface area contributed by atoms with E-state index in [4.69, 9.17) is 16.3 Å². The molecule has 1 saturated heterocycles. The van der Waals surface area contributed by atoms with Gasteiger partial charge in [-0.3, -0.25) is 9.48 Å². The van der Waals surface area contributed by atoms with Crippen LogP contribution in [0.2, 0.25) is 5.02 Å². The van der Waals surface area contributed by atoms with Crippen molar-refractivity contribution in [2.24, 2.45) is 0 Å². The third-order valence-electron chi connectivity index (χ3n) is 3.82. The van der Waals surface area contributed by atoms with Gasteiger partial charge in [-0.05, 0) is 13.5 Å². The van der Waals surface area contributed by atoms with Crippen LogP contribution in [0.25, 0.3) is 0 Å². The van der Waals surface area contributed by atoms with Gasteiger partial charge in [-0.15, -0.1) is 0 Å². The van der Waals surface area contributed by atoms with Crippen LogP contribution in [-0.2, 0) is 17.8 Å². The van der Waals surface area contributed by atoms with Gasteiger partial charge in [0.1, 0.15) is 0 Å². The van der Waals surface area contributed by atoms with Gasteiger partial charge in [0.05, 0.1) is 23.9 Å². The molecule has 0 unspecified atom stereocenters. The Hall–Kier alpha value is -1.11. The fraction of sp³-hybridized carbons (Fsp3) is 0.765.